The first kappa shape index (κ1) is 35.2. The van der Waals surface area contributed by atoms with Crippen molar-refractivity contribution < 1.29 is 24.5 Å². The number of hydrogen-bond acceptors (Lipinski definition) is 3. The first-order chi connectivity index (χ1) is 22.5. The summed E-state index contributed by atoms with van der Waals surface area (Å²) in [5, 5.41) is 3.61. The van der Waals surface area contributed by atoms with E-state index in [-0.39, 0.29) is 25.5 Å². The van der Waals surface area contributed by atoms with Crippen LogP contribution in [0.25, 0.3) is 55.6 Å². The molecule has 0 unspecified atom stereocenters. The molecule has 3 aromatic heterocycles. The zero-order chi connectivity index (χ0) is 33.2. The van der Waals surface area contributed by atoms with Crippen LogP contribution in [0, 0.1) is 24.5 Å². The molecule has 5 heteroatoms. The van der Waals surface area contributed by atoms with Crippen molar-refractivity contribution in [1.29, 1.82) is 0 Å². The van der Waals surface area contributed by atoms with E-state index in [9.17, 15) is 0 Å². The summed E-state index contributed by atoms with van der Waals surface area (Å²) in [7, 11) is -1.23. The Labute approximate surface area is 299 Å². The number of hydrogen-bond donors (Lipinski definition) is 0. The molecule has 0 atom stereocenters. The first-order valence-corrected chi connectivity index (χ1v) is 19.8. The monoisotopic (exact) mass is 823 g/mol. The molecule has 48 heavy (non-hydrogen) atoms. The molecule has 1 radical (unpaired) electrons. The second-order valence-electron chi connectivity index (χ2n) is 14.5. The molecule has 3 nitrogen and oxygen atoms in total. The van der Waals surface area contributed by atoms with Gasteiger partial charge in [-0.1, -0.05) is 118 Å². The van der Waals surface area contributed by atoms with E-state index in [1.54, 1.807) is 0 Å². The molecule has 7 rings (SSSR count). The molecular weight excluding hydrogens is 781 g/mol. The number of nitrogens with zero attached hydrogens (tertiary/aromatic N) is 2. The molecule has 245 valence electrons. The van der Waals surface area contributed by atoms with Crippen LogP contribution >= 0.6 is 0 Å². The van der Waals surface area contributed by atoms with Crippen molar-refractivity contribution >= 4 is 35.2 Å². The molecule has 0 aliphatic rings. The summed E-state index contributed by atoms with van der Waals surface area (Å²) < 4.78 is 6.40. The van der Waals surface area contributed by atoms with Crippen molar-refractivity contribution in [2.75, 3.05) is 0 Å². The Morgan fingerprint density at radius 1 is 0.708 bits per heavy atom. The number of pyridine rings is 2. The minimum atomic E-state index is -1.23. The summed E-state index contributed by atoms with van der Waals surface area (Å²) in [5.41, 5.74) is 10.7. The Kier molecular flexibility index (Phi) is 10.6. The van der Waals surface area contributed by atoms with Gasteiger partial charge >= 0.3 is 0 Å². The van der Waals surface area contributed by atoms with Gasteiger partial charge in [0.2, 0.25) is 0 Å². The van der Waals surface area contributed by atoms with Crippen LogP contribution in [0.4, 0.5) is 0 Å². The van der Waals surface area contributed by atoms with E-state index in [4.69, 9.17) is 9.40 Å². The van der Waals surface area contributed by atoms with Crippen LogP contribution < -0.4 is 5.19 Å². The summed E-state index contributed by atoms with van der Waals surface area (Å²) in [6, 6.07) is 41.9. The van der Waals surface area contributed by atoms with Gasteiger partial charge < -0.3 is 14.4 Å². The van der Waals surface area contributed by atoms with Crippen LogP contribution in [-0.2, 0) is 26.5 Å². The van der Waals surface area contributed by atoms with Crippen molar-refractivity contribution in [2.45, 2.75) is 53.8 Å². The third kappa shape index (κ3) is 8.10. The summed E-state index contributed by atoms with van der Waals surface area (Å²) >= 11 is 0. The van der Waals surface area contributed by atoms with Crippen molar-refractivity contribution in [3.05, 3.63) is 139 Å². The molecule has 0 amide bonds. The van der Waals surface area contributed by atoms with Crippen molar-refractivity contribution in [3.8, 4) is 33.6 Å². The third-order valence-electron chi connectivity index (χ3n) is 8.35. The van der Waals surface area contributed by atoms with Gasteiger partial charge in [-0.25, -0.2) is 0 Å². The van der Waals surface area contributed by atoms with Crippen LogP contribution in [0.15, 0.2) is 120 Å². The molecule has 4 aromatic carbocycles. The van der Waals surface area contributed by atoms with Gasteiger partial charge in [-0.15, -0.1) is 54.1 Å². The van der Waals surface area contributed by atoms with Crippen LogP contribution in [0.3, 0.4) is 0 Å². The van der Waals surface area contributed by atoms with Crippen molar-refractivity contribution in [3.63, 3.8) is 0 Å². The molecule has 0 spiro atoms. The Balaban J connectivity index is 0.000000224. The van der Waals surface area contributed by atoms with Crippen molar-refractivity contribution in [2.24, 2.45) is 5.41 Å². The number of aromatic nitrogens is 2. The molecule has 7 aromatic rings. The van der Waals surface area contributed by atoms with E-state index in [1.807, 2.05) is 48.8 Å². The molecule has 0 saturated heterocycles. The van der Waals surface area contributed by atoms with Gasteiger partial charge in [0.25, 0.3) is 0 Å². The average molecular weight is 823 g/mol. The molecule has 0 aliphatic heterocycles. The quantitative estimate of drug-likeness (QED) is 0.128. The zero-order valence-electron chi connectivity index (χ0n) is 28.8. The van der Waals surface area contributed by atoms with Crippen LogP contribution in [0.2, 0.25) is 19.6 Å². The van der Waals surface area contributed by atoms with Crippen LogP contribution in [0.5, 0.6) is 0 Å². The van der Waals surface area contributed by atoms with Gasteiger partial charge in [-0.3, -0.25) is 0 Å². The smallest absolute Gasteiger partial charge is 0.121 e. The van der Waals surface area contributed by atoms with Gasteiger partial charge in [0.15, 0.2) is 0 Å². The van der Waals surface area contributed by atoms with E-state index in [0.717, 1.165) is 56.4 Å². The molecule has 3 heterocycles. The predicted molar refractivity (Wildman–Crippen MR) is 201 cm³/mol. The number of benzene rings is 4. The summed E-state index contributed by atoms with van der Waals surface area (Å²) in [4.78, 5) is 9.25. The largest absolute Gasteiger partial charge is 0.501 e. The molecule has 0 fully saturated rings. The average Bonchev–Trinajstić information content (AvgIpc) is 3.44. The Hall–Kier alpha value is -4.15. The standard InChI is InChI=1S/C29H26NO.C14H16NSi.Ir/c1-19-18-30-26(15-22(19)17-29(2,3)4)25-12-8-11-24-23-14-13-21(16-27(23)31-28(24)25)20-9-6-5-7-10-20;1-16(2,3)13-9-10-14(15-11-13)12-7-5-4-6-8-12;/h5-11,13-16,18H,17H2,1-4H3;4-7,9-11H,1-3H3;/q2*-1;. The number of rotatable bonds is 5. The van der Waals surface area contributed by atoms with E-state index in [1.165, 1.54) is 21.9 Å². The van der Waals surface area contributed by atoms with Gasteiger partial charge in [0, 0.05) is 37.9 Å². The Bertz CT molecular complexity index is 2130. The fraction of sp³-hybridized carbons (Fsp3) is 0.209. The molecule has 0 N–H and O–H groups in total. The molecule has 0 bridgehead atoms. The maximum atomic E-state index is 6.40. The predicted octanol–water partition coefficient (Wildman–Crippen LogP) is 11.1. The minimum absolute atomic E-state index is 0. The number of aryl methyl sites for hydroxylation is 1. The molecule has 0 saturated carbocycles. The topological polar surface area (TPSA) is 38.9 Å². The van der Waals surface area contributed by atoms with Gasteiger partial charge in [-0.2, -0.15) is 0 Å². The SMILES string of the molecule is C[Si](C)(C)c1ccc(-c2[c-]cccc2)nc1.Cc1cnc(-c2[c-]ccc3c2oc2cc(-c4ccccc4)ccc23)cc1CC(C)(C)C.[Ir]. The normalized spacial score (nSPS) is 11.6. The fourth-order valence-corrected chi connectivity index (χ4v) is 6.79. The van der Waals surface area contributed by atoms with E-state index < -0.39 is 8.07 Å². The summed E-state index contributed by atoms with van der Waals surface area (Å²) in [5.74, 6) is 0. The first-order valence-electron chi connectivity index (χ1n) is 16.3. The van der Waals surface area contributed by atoms with Gasteiger partial charge in [0.05, 0.1) is 13.7 Å². The molecular formula is C43H42IrN2OSi-2. The van der Waals surface area contributed by atoms with Crippen LogP contribution in [-0.4, -0.2) is 18.0 Å². The maximum absolute atomic E-state index is 6.40. The van der Waals surface area contributed by atoms with Crippen LogP contribution in [0.1, 0.15) is 31.9 Å². The van der Waals surface area contributed by atoms with Crippen molar-refractivity contribution in [1.82, 2.24) is 9.97 Å². The zero-order valence-corrected chi connectivity index (χ0v) is 32.2. The van der Waals surface area contributed by atoms with Gasteiger partial charge in [-0.05, 0) is 58.1 Å². The van der Waals surface area contributed by atoms with E-state index in [2.05, 4.69) is 131 Å². The third-order valence-corrected chi connectivity index (χ3v) is 10.4. The second kappa shape index (κ2) is 14.5. The second-order valence-corrected chi connectivity index (χ2v) is 19.5. The number of fused-ring (bicyclic) bond motifs is 3. The Morgan fingerprint density at radius 3 is 2.12 bits per heavy atom. The Morgan fingerprint density at radius 2 is 1.46 bits per heavy atom. The van der Waals surface area contributed by atoms with E-state index in [0.29, 0.717) is 0 Å². The number of furan rings is 1. The fourth-order valence-electron chi connectivity index (χ4n) is 5.76. The summed E-state index contributed by atoms with van der Waals surface area (Å²) in [6.45, 7) is 15.9. The summed E-state index contributed by atoms with van der Waals surface area (Å²) in [6.07, 6.45) is 4.99. The maximum Gasteiger partial charge on any atom is 0.121 e. The van der Waals surface area contributed by atoms with Gasteiger partial charge in [0.1, 0.15) is 5.58 Å². The minimum Gasteiger partial charge on any atom is -0.501 e. The van der Waals surface area contributed by atoms with E-state index >= 15 is 0 Å². The molecule has 0 aliphatic carbocycles.